The fraction of sp³-hybridized carbons (Fsp3) is 0.192. The van der Waals surface area contributed by atoms with Crippen molar-refractivity contribution in [3.8, 4) is 11.1 Å². The van der Waals surface area contributed by atoms with E-state index in [1.165, 1.54) is 5.56 Å². The van der Waals surface area contributed by atoms with Crippen LogP contribution in [0.15, 0.2) is 72.8 Å². The Bertz CT molecular complexity index is 1190. The molecule has 0 saturated carbocycles. The molecule has 32 heavy (non-hydrogen) atoms. The summed E-state index contributed by atoms with van der Waals surface area (Å²) in [6.45, 7) is 0.523. The summed E-state index contributed by atoms with van der Waals surface area (Å²) in [6.07, 6.45) is 1.66. The maximum Gasteiger partial charge on any atom is 0.286 e. The average Bonchev–Trinajstić information content (AvgIpc) is 3.13. The van der Waals surface area contributed by atoms with Crippen molar-refractivity contribution in [1.82, 2.24) is 5.32 Å². The lowest BCUT2D eigenvalue weighted by atomic mass is 9.96. The van der Waals surface area contributed by atoms with Crippen LogP contribution < -0.4 is 10.2 Å². The van der Waals surface area contributed by atoms with Crippen molar-refractivity contribution >= 4 is 34.5 Å². The van der Waals surface area contributed by atoms with E-state index in [0.29, 0.717) is 25.8 Å². The van der Waals surface area contributed by atoms with Crippen molar-refractivity contribution in [2.45, 2.75) is 31.1 Å². The first-order valence-corrected chi connectivity index (χ1v) is 11.5. The first-order chi connectivity index (χ1) is 15.6. The Labute approximate surface area is 190 Å². The van der Waals surface area contributed by atoms with Gasteiger partial charge in [-0.15, -0.1) is 0 Å². The highest BCUT2D eigenvalue weighted by atomic mass is 32.2. The van der Waals surface area contributed by atoms with E-state index in [1.54, 1.807) is 0 Å². The van der Waals surface area contributed by atoms with Gasteiger partial charge in [-0.3, -0.25) is 19.7 Å². The standard InChI is InChI=1S/C26H22N2O3S/c29-24-13-11-21-14-18(15-23-25(30)27-26(31)32-23)8-12-22(21)28(24)16-17-6-9-20(10-7-17)19-4-2-1-3-5-19/h1-10,12,14,23H,11,13,15-16H2,(H,27,30,31). The molecule has 2 heterocycles. The van der Waals surface area contributed by atoms with E-state index in [0.717, 1.165) is 39.7 Å². The van der Waals surface area contributed by atoms with E-state index in [2.05, 4.69) is 47.8 Å². The van der Waals surface area contributed by atoms with Gasteiger partial charge >= 0.3 is 0 Å². The highest BCUT2D eigenvalue weighted by molar-refractivity contribution is 8.15. The number of amides is 3. The number of carbonyl (C=O) groups excluding carboxylic acids is 3. The van der Waals surface area contributed by atoms with E-state index >= 15 is 0 Å². The van der Waals surface area contributed by atoms with Gasteiger partial charge in [0, 0.05) is 12.1 Å². The number of anilines is 1. The smallest absolute Gasteiger partial charge is 0.286 e. The highest BCUT2D eigenvalue weighted by Gasteiger charge is 2.32. The van der Waals surface area contributed by atoms with Crippen LogP contribution in [-0.2, 0) is 29.0 Å². The maximum absolute atomic E-state index is 12.7. The predicted octanol–water partition coefficient (Wildman–Crippen LogP) is 4.73. The summed E-state index contributed by atoms with van der Waals surface area (Å²) >= 11 is 1.04. The number of carbonyl (C=O) groups is 3. The van der Waals surface area contributed by atoms with E-state index in [1.807, 2.05) is 35.2 Å². The molecule has 160 valence electrons. The average molecular weight is 443 g/mol. The second-order valence-corrected chi connectivity index (χ2v) is 9.27. The Morgan fingerprint density at radius 1 is 0.844 bits per heavy atom. The molecule has 1 unspecified atom stereocenters. The number of imide groups is 1. The number of aryl methyl sites for hydroxylation is 1. The summed E-state index contributed by atoms with van der Waals surface area (Å²) in [4.78, 5) is 37.9. The lowest BCUT2D eigenvalue weighted by Gasteiger charge is -2.30. The summed E-state index contributed by atoms with van der Waals surface area (Å²) in [7, 11) is 0. The normalized spacial score (nSPS) is 17.9. The zero-order valence-electron chi connectivity index (χ0n) is 17.4. The van der Waals surface area contributed by atoms with Crippen LogP contribution in [0, 0.1) is 0 Å². The molecular formula is C26H22N2O3S. The largest absolute Gasteiger partial charge is 0.308 e. The van der Waals surface area contributed by atoms with Gasteiger partial charge < -0.3 is 4.90 Å². The number of thioether (sulfide) groups is 1. The third kappa shape index (κ3) is 4.18. The Kier molecular flexibility index (Phi) is 5.53. The van der Waals surface area contributed by atoms with Crippen LogP contribution in [-0.4, -0.2) is 22.3 Å². The minimum atomic E-state index is -0.384. The van der Waals surface area contributed by atoms with Crippen molar-refractivity contribution in [3.63, 3.8) is 0 Å². The number of rotatable bonds is 5. The Morgan fingerprint density at radius 2 is 1.56 bits per heavy atom. The lowest BCUT2D eigenvalue weighted by Crippen LogP contribution is -2.34. The molecule has 1 N–H and O–H groups in total. The van der Waals surface area contributed by atoms with Crippen molar-refractivity contribution in [1.29, 1.82) is 0 Å². The second kappa shape index (κ2) is 8.63. The molecule has 1 fully saturated rings. The molecule has 5 nitrogen and oxygen atoms in total. The SMILES string of the molecule is O=C1NC(=O)C(Cc2ccc3c(c2)CCC(=O)N3Cc2ccc(-c3ccccc3)cc2)S1. The van der Waals surface area contributed by atoms with Gasteiger partial charge in [-0.1, -0.05) is 78.5 Å². The summed E-state index contributed by atoms with van der Waals surface area (Å²) in [5, 5.41) is 1.67. The van der Waals surface area contributed by atoms with Crippen LogP contribution >= 0.6 is 11.8 Å². The highest BCUT2D eigenvalue weighted by Crippen LogP contribution is 2.32. The summed E-state index contributed by atoms with van der Waals surface area (Å²) < 4.78 is 0. The molecule has 0 spiro atoms. The van der Waals surface area contributed by atoms with Gasteiger partial charge in [-0.25, -0.2) is 0 Å². The number of hydrogen-bond acceptors (Lipinski definition) is 4. The lowest BCUT2D eigenvalue weighted by molar-refractivity contribution is -0.119. The molecule has 0 bridgehead atoms. The van der Waals surface area contributed by atoms with Gasteiger partial charge in [0.2, 0.25) is 11.8 Å². The first kappa shape index (κ1) is 20.5. The minimum absolute atomic E-state index is 0.119. The zero-order valence-corrected chi connectivity index (χ0v) is 18.2. The Hall–Kier alpha value is -3.38. The summed E-state index contributed by atoms with van der Waals surface area (Å²) in [5.41, 5.74) is 6.44. The van der Waals surface area contributed by atoms with Gasteiger partial charge in [0.25, 0.3) is 5.24 Å². The molecule has 3 amide bonds. The van der Waals surface area contributed by atoms with Gasteiger partial charge in [-0.05, 0) is 46.7 Å². The second-order valence-electron chi connectivity index (χ2n) is 8.09. The topological polar surface area (TPSA) is 66.5 Å². The summed E-state index contributed by atoms with van der Waals surface area (Å²) in [6, 6.07) is 24.6. The van der Waals surface area contributed by atoms with Crippen molar-refractivity contribution in [3.05, 3.63) is 89.5 Å². The molecule has 5 rings (SSSR count). The molecule has 3 aromatic carbocycles. The quantitative estimate of drug-likeness (QED) is 0.621. The number of nitrogens with zero attached hydrogens (tertiary/aromatic N) is 1. The fourth-order valence-corrected chi connectivity index (χ4v) is 5.13. The van der Waals surface area contributed by atoms with Gasteiger partial charge in [0.05, 0.1) is 11.8 Å². The number of fused-ring (bicyclic) bond motifs is 1. The van der Waals surface area contributed by atoms with Crippen molar-refractivity contribution in [2.24, 2.45) is 0 Å². The third-order valence-corrected chi connectivity index (χ3v) is 6.92. The van der Waals surface area contributed by atoms with Gasteiger partial charge in [-0.2, -0.15) is 0 Å². The van der Waals surface area contributed by atoms with Crippen LogP contribution in [0.3, 0.4) is 0 Å². The molecule has 0 radical (unpaired) electrons. The van der Waals surface area contributed by atoms with Crippen LogP contribution in [0.1, 0.15) is 23.1 Å². The molecule has 1 atom stereocenters. The predicted molar refractivity (Wildman–Crippen MR) is 126 cm³/mol. The minimum Gasteiger partial charge on any atom is -0.308 e. The van der Waals surface area contributed by atoms with E-state index in [-0.39, 0.29) is 22.3 Å². The van der Waals surface area contributed by atoms with Crippen molar-refractivity contribution in [2.75, 3.05) is 4.90 Å². The van der Waals surface area contributed by atoms with Gasteiger partial charge in [0.1, 0.15) is 0 Å². The van der Waals surface area contributed by atoms with Crippen LogP contribution in [0.2, 0.25) is 0 Å². The van der Waals surface area contributed by atoms with Gasteiger partial charge in [0.15, 0.2) is 0 Å². The third-order valence-electron chi connectivity index (χ3n) is 5.93. The molecule has 1 saturated heterocycles. The molecule has 2 aliphatic rings. The number of benzene rings is 3. The Balaban J connectivity index is 1.34. The maximum atomic E-state index is 12.7. The van der Waals surface area contributed by atoms with Crippen LogP contribution in [0.4, 0.5) is 10.5 Å². The molecule has 3 aromatic rings. The molecule has 0 aliphatic carbocycles. The van der Waals surface area contributed by atoms with Crippen LogP contribution in [0.5, 0.6) is 0 Å². The molecule has 6 heteroatoms. The van der Waals surface area contributed by atoms with E-state index in [4.69, 9.17) is 0 Å². The van der Waals surface area contributed by atoms with E-state index in [9.17, 15) is 14.4 Å². The first-order valence-electron chi connectivity index (χ1n) is 10.6. The zero-order chi connectivity index (χ0) is 22.1. The van der Waals surface area contributed by atoms with Crippen molar-refractivity contribution < 1.29 is 14.4 Å². The Morgan fingerprint density at radius 3 is 2.28 bits per heavy atom. The monoisotopic (exact) mass is 442 g/mol. The van der Waals surface area contributed by atoms with E-state index < -0.39 is 0 Å². The molecule has 2 aliphatic heterocycles. The summed E-state index contributed by atoms with van der Waals surface area (Å²) in [5.74, 6) is -0.109. The molecule has 0 aromatic heterocycles. The van der Waals surface area contributed by atoms with Crippen LogP contribution in [0.25, 0.3) is 11.1 Å². The number of nitrogens with one attached hydrogen (secondary N) is 1. The molecular weight excluding hydrogens is 420 g/mol. The number of hydrogen-bond donors (Lipinski definition) is 1. The fourth-order valence-electron chi connectivity index (χ4n) is 4.27.